The van der Waals surface area contributed by atoms with Crippen molar-refractivity contribution in [1.82, 2.24) is 0 Å². The Hall–Kier alpha value is -1.37. The van der Waals surface area contributed by atoms with Crippen LogP contribution in [0.2, 0.25) is 0 Å². The molecule has 0 heterocycles. The van der Waals surface area contributed by atoms with Gasteiger partial charge in [-0.15, -0.1) is 0 Å². The summed E-state index contributed by atoms with van der Waals surface area (Å²) >= 11 is 0. The van der Waals surface area contributed by atoms with Gasteiger partial charge in [-0.2, -0.15) is 0 Å². The SMILES string of the molecule is Cc1ccc(/C=C2\C(=O)C3CCC2(C)C3(C)C)cc1. The molecule has 2 atom stereocenters. The minimum absolute atomic E-state index is 0.0552. The lowest BCUT2D eigenvalue weighted by Crippen LogP contribution is -2.27. The van der Waals surface area contributed by atoms with Gasteiger partial charge in [0.05, 0.1) is 0 Å². The Morgan fingerprint density at radius 2 is 1.79 bits per heavy atom. The standard InChI is InChI=1S/C18H22O/c1-12-5-7-13(8-6-12)11-15-16(19)14-9-10-18(15,4)17(14,2)3/h5-8,11,14H,9-10H2,1-4H3/b15-11+. The van der Waals surface area contributed by atoms with Crippen molar-refractivity contribution in [2.24, 2.45) is 16.7 Å². The van der Waals surface area contributed by atoms with Gasteiger partial charge in [-0.1, -0.05) is 50.6 Å². The van der Waals surface area contributed by atoms with E-state index in [2.05, 4.69) is 58.0 Å². The molecular formula is C18H22O. The molecule has 2 bridgehead atoms. The van der Waals surface area contributed by atoms with E-state index in [-0.39, 0.29) is 16.7 Å². The second-order valence-corrected chi connectivity index (χ2v) is 6.98. The lowest BCUT2D eigenvalue weighted by atomic mass is 9.69. The first-order valence-electron chi connectivity index (χ1n) is 7.19. The summed E-state index contributed by atoms with van der Waals surface area (Å²) in [5, 5.41) is 0. The van der Waals surface area contributed by atoms with Crippen LogP contribution in [0.1, 0.15) is 44.7 Å². The molecule has 2 unspecified atom stereocenters. The van der Waals surface area contributed by atoms with E-state index in [1.54, 1.807) is 0 Å². The van der Waals surface area contributed by atoms with Gasteiger partial charge in [0.25, 0.3) is 0 Å². The maximum absolute atomic E-state index is 12.6. The third kappa shape index (κ3) is 1.57. The highest BCUT2D eigenvalue weighted by Gasteiger charge is 2.63. The molecule has 1 aromatic rings. The van der Waals surface area contributed by atoms with E-state index < -0.39 is 0 Å². The molecule has 0 aliphatic heterocycles. The van der Waals surface area contributed by atoms with Gasteiger partial charge in [0.15, 0.2) is 5.78 Å². The molecule has 1 aromatic carbocycles. The van der Waals surface area contributed by atoms with Crippen LogP contribution in [0.4, 0.5) is 0 Å². The largest absolute Gasteiger partial charge is 0.294 e. The van der Waals surface area contributed by atoms with E-state index in [4.69, 9.17) is 0 Å². The first kappa shape index (κ1) is 12.7. The Labute approximate surface area is 115 Å². The highest BCUT2D eigenvalue weighted by Crippen LogP contribution is 2.66. The molecule has 3 rings (SSSR count). The van der Waals surface area contributed by atoms with Crippen LogP contribution >= 0.6 is 0 Å². The van der Waals surface area contributed by atoms with Crippen molar-refractivity contribution in [3.63, 3.8) is 0 Å². The van der Waals surface area contributed by atoms with Gasteiger partial charge >= 0.3 is 0 Å². The average molecular weight is 254 g/mol. The maximum Gasteiger partial charge on any atom is 0.163 e. The van der Waals surface area contributed by atoms with E-state index in [9.17, 15) is 4.79 Å². The summed E-state index contributed by atoms with van der Waals surface area (Å²) in [5.74, 6) is 0.619. The van der Waals surface area contributed by atoms with Crippen molar-refractivity contribution >= 4 is 11.9 Å². The van der Waals surface area contributed by atoms with Crippen LogP contribution in [0.5, 0.6) is 0 Å². The maximum atomic E-state index is 12.6. The fourth-order valence-corrected chi connectivity index (χ4v) is 3.96. The molecule has 1 heteroatoms. The molecule has 1 nitrogen and oxygen atoms in total. The van der Waals surface area contributed by atoms with Gasteiger partial charge in [-0.05, 0) is 36.8 Å². The average Bonchev–Trinajstić information content (AvgIpc) is 2.66. The van der Waals surface area contributed by atoms with Gasteiger partial charge in [0.2, 0.25) is 0 Å². The lowest BCUT2D eigenvalue weighted by Gasteiger charge is -2.34. The van der Waals surface area contributed by atoms with Crippen molar-refractivity contribution in [1.29, 1.82) is 0 Å². The first-order valence-corrected chi connectivity index (χ1v) is 7.19. The molecule has 0 radical (unpaired) electrons. The van der Waals surface area contributed by atoms with E-state index in [1.165, 1.54) is 5.56 Å². The van der Waals surface area contributed by atoms with Gasteiger partial charge in [0.1, 0.15) is 0 Å². The summed E-state index contributed by atoms with van der Waals surface area (Å²) in [5.41, 5.74) is 3.63. The Bertz CT molecular complexity index is 562. The fourth-order valence-electron chi connectivity index (χ4n) is 3.96. The highest BCUT2D eigenvalue weighted by atomic mass is 16.1. The van der Waals surface area contributed by atoms with Crippen LogP contribution < -0.4 is 0 Å². The molecule has 2 aliphatic rings. The molecule has 100 valence electrons. The summed E-state index contributed by atoms with van der Waals surface area (Å²) in [4.78, 5) is 12.6. The van der Waals surface area contributed by atoms with Crippen molar-refractivity contribution in [2.45, 2.75) is 40.5 Å². The summed E-state index contributed by atoms with van der Waals surface area (Å²) in [6.07, 6.45) is 4.34. The summed E-state index contributed by atoms with van der Waals surface area (Å²) in [6, 6.07) is 8.44. The Morgan fingerprint density at radius 1 is 1.16 bits per heavy atom. The number of Topliss-reactive ketones (excluding diaryl/α,β-unsaturated/α-hetero) is 1. The molecule has 0 saturated heterocycles. The molecule has 0 aromatic heterocycles. The number of allylic oxidation sites excluding steroid dienone is 1. The number of hydrogen-bond donors (Lipinski definition) is 0. The van der Waals surface area contributed by atoms with Crippen molar-refractivity contribution in [3.8, 4) is 0 Å². The first-order chi connectivity index (χ1) is 8.86. The Balaban J connectivity index is 2.07. The normalized spacial score (nSPS) is 34.2. The number of hydrogen-bond acceptors (Lipinski definition) is 1. The molecule has 2 saturated carbocycles. The zero-order chi connectivity index (χ0) is 13.8. The number of fused-ring (bicyclic) bond motifs is 2. The summed E-state index contributed by atoms with van der Waals surface area (Å²) in [6.45, 7) is 8.89. The van der Waals surface area contributed by atoms with Crippen LogP contribution in [0.3, 0.4) is 0 Å². The van der Waals surface area contributed by atoms with Gasteiger partial charge < -0.3 is 0 Å². The lowest BCUT2D eigenvalue weighted by molar-refractivity contribution is -0.119. The second kappa shape index (κ2) is 3.82. The predicted molar refractivity (Wildman–Crippen MR) is 78.8 cm³/mol. The van der Waals surface area contributed by atoms with Crippen molar-refractivity contribution in [3.05, 3.63) is 41.0 Å². The van der Waals surface area contributed by atoms with E-state index in [1.807, 2.05) is 0 Å². The number of benzene rings is 1. The topological polar surface area (TPSA) is 17.1 Å². The third-order valence-corrected chi connectivity index (χ3v) is 5.79. The zero-order valence-electron chi connectivity index (χ0n) is 12.3. The molecule has 19 heavy (non-hydrogen) atoms. The van der Waals surface area contributed by atoms with Crippen molar-refractivity contribution in [2.75, 3.05) is 0 Å². The number of carbonyl (C=O) groups is 1. The smallest absolute Gasteiger partial charge is 0.163 e. The third-order valence-electron chi connectivity index (χ3n) is 5.79. The monoisotopic (exact) mass is 254 g/mol. The van der Waals surface area contributed by atoms with Gasteiger partial charge in [-0.3, -0.25) is 4.79 Å². The molecule has 0 amide bonds. The summed E-state index contributed by atoms with van der Waals surface area (Å²) in [7, 11) is 0. The van der Waals surface area contributed by atoms with Crippen LogP contribution in [-0.4, -0.2) is 5.78 Å². The molecule has 2 fully saturated rings. The van der Waals surface area contributed by atoms with Crippen LogP contribution in [0, 0.1) is 23.7 Å². The van der Waals surface area contributed by atoms with Crippen LogP contribution in [0.15, 0.2) is 29.8 Å². The highest BCUT2D eigenvalue weighted by molar-refractivity contribution is 6.06. The fraction of sp³-hybridized carbons (Fsp3) is 0.500. The quantitative estimate of drug-likeness (QED) is 0.679. The van der Waals surface area contributed by atoms with Crippen molar-refractivity contribution < 1.29 is 4.79 Å². The molecule has 2 aliphatic carbocycles. The van der Waals surface area contributed by atoms with Gasteiger partial charge in [0, 0.05) is 16.9 Å². The summed E-state index contributed by atoms with van der Waals surface area (Å²) < 4.78 is 0. The predicted octanol–water partition coefficient (Wildman–Crippen LogP) is 4.40. The number of rotatable bonds is 1. The van der Waals surface area contributed by atoms with Gasteiger partial charge in [-0.25, -0.2) is 0 Å². The molecule has 0 N–H and O–H groups in total. The van der Waals surface area contributed by atoms with Crippen LogP contribution in [0.25, 0.3) is 6.08 Å². The Morgan fingerprint density at radius 3 is 2.32 bits per heavy atom. The minimum atomic E-state index is 0.0552. The zero-order valence-corrected chi connectivity index (χ0v) is 12.3. The number of ketones is 1. The second-order valence-electron chi connectivity index (χ2n) is 6.98. The molecular weight excluding hydrogens is 232 g/mol. The van der Waals surface area contributed by atoms with E-state index in [0.29, 0.717) is 5.78 Å². The van der Waals surface area contributed by atoms with E-state index in [0.717, 1.165) is 24.0 Å². The van der Waals surface area contributed by atoms with E-state index >= 15 is 0 Å². The Kier molecular flexibility index (Phi) is 2.54. The van der Waals surface area contributed by atoms with Crippen LogP contribution in [-0.2, 0) is 4.79 Å². The number of aryl methyl sites for hydroxylation is 1. The molecule has 0 spiro atoms. The number of carbonyl (C=O) groups excluding carboxylic acids is 1. The minimum Gasteiger partial charge on any atom is -0.294 e.